The molecular weight excluding hydrogens is 262 g/mol. The Morgan fingerprint density at radius 1 is 1.26 bits per heavy atom. The Morgan fingerprint density at radius 3 is 2.89 bits per heavy atom. The lowest BCUT2D eigenvalue weighted by molar-refractivity contribution is -0.125. The van der Waals surface area contributed by atoms with Gasteiger partial charge in [0.1, 0.15) is 6.61 Å². The highest BCUT2D eigenvalue weighted by Gasteiger charge is 2.21. The molecule has 0 aromatic heterocycles. The molecule has 2 aromatic carbocycles. The van der Waals surface area contributed by atoms with E-state index in [1.807, 2.05) is 30.3 Å². The van der Waals surface area contributed by atoms with Gasteiger partial charge in [-0.1, -0.05) is 24.3 Å². The van der Waals surface area contributed by atoms with Gasteiger partial charge in [0.25, 0.3) is 5.91 Å². The molecule has 2 aromatic rings. The Kier molecular flexibility index (Phi) is 3.40. The predicted octanol–water partition coefficient (Wildman–Crippen LogP) is 2.94. The number of hydrogen-bond donors (Lipinski definition) is 0. The van der Waals surface area contributed by atoms with Gasteiger partial charge in [0.15, 0.2) is 0 Å². The fourth-order valence-corrected chi connectivity index (χ4v) is 2.65. The first-order valence-electron chi connectivity index (χ1n) is 6.25. The average Bonchev–Trinajstić information content (AvgIpc) is 2.46. The van der Waals surface area contributed by atoms with Crippen LogP contribution in [-0.4, -0.2) is 25.7 Å². The van der Waals surface area contributed by atoms with Gasteiger partial charge in [-0.25, -0.2) is 0 Å². The summed E-state index contributed by atoms with van der Waals surface area (Å²) in [5.41, 5.74) is 1.96. The van der Waals surface area contributed by atoms with E-state index in [-0.39, 0.29) is 12.5 Å². The van der Waals surface area contributed by atoms with Gasteiger partial charge >= 0.3 is 0 Å². The normalized spacial score (nSPS) is 16.1. The maximum atomic E-state index is 11.9. The molecule has 0 aliphatic carbocycles. The second-order valence-electron chi connectivity index (χ2n) is 4.56. The van der Waals surface area contributed by atoms with E-state index < -0.39 is 0 Å². The predicted molar refractivity (Wildman–Crippen MR) is 76.7 cm³/mol. The van der Waals surface area contributed by atoms with Crippen molar-refractivity contribution in [2.24, 2.45) is 0 Å². The number of morpholine rings is 1. The summed E-state index contributed by atoms with van der Waals surface area (Å²) in [7, 11) is 0. The number of rotatable bonds is 2. The molecule has 1 amide bonds. The van der Waals surface area contributed by atoms with Crippen molar-refractivity contribution in [3.63, 3.8) is 0 Å². The molecule has 1 saturated heterocycles. The van der Waals surface area contributed by atoms with Crippen molar-refractivity contribution in [2.45, 2.75) is 5.88 Å². The summed E-state index contributed by atoms with van der Waals surface area (Å²) in [6.45, 7) is 1.33. The van der Waals surface area contributed by atoms with E-state index in [2.05, 4.69) is 6.07 Å². The maximum Gasteiger partial charge on any atom is 0.253 e. The monoisotopic (exact) mass is 275 g/mol. The summed E-state index contributed by atoms with van der Waals surface area (Å²) in [6.07, 6.45) is 0. The lowest BCUT2D eigenvalue weighted by atomic mass is 10.0. The highest BCUT2D eigenvalue weighted by Crippen LogP contribution is 2.28. The molecule has 4 heteroatoms. The molecule has 1 aliphatic heterocycles. The van der Waals surface area contributed by atoms with Crippen molar-refractivity contribution in [2.75, 3.05) is 24.7 Å². The zero-order valence-electron chi connectivity index (χ0n) is 10.4. The molecule has 1 fully saturated rings. The van der Waals surface area contributed by atoms with Gasteiger partial charge in [0.05, 0.1) is 6.61 Å². The van der Waals surface area contributed by atoms with E-state index >= 15 is 0 Å². The highest BCUT2D eigenvalue weighted by molar-refractivity contribution is 6.18. The fraction of sp³-hybridized carbons (Fsp3) is 0.267. The molecule has 1 aliphatic rings. The number of alkyl halides is 1. The third-order valence-electron chi connectivity index (χ3n) is 3.37. The first-order valence-corrected chi connectivity index (χ1v) is 6.79. The molecule has 0 bridgehead atoms. The largest absolute Gasteiger partial charge is 0.370 e. The molecule has 98 valence electrons. The molecule has 0 radical (unpaired) electrons. The van der Waals surface area contributed by atoms with Crippen molar-refractivity contribution in [3.05, 3.63) is 42.0 Å². The quantitative estimate of drug-likeness (QED) is 0.789. The summed E-state index contributed by atoms with van der Waals surface area (Å²) in [5.74, 6) is 0.439. The van der Waals surface area contributed by atoms with Gasteiger partial charge in [-0.2, -0.15) is 0 Å². The van der Waals surface area contributed by atoms with Crippen molar-refractivity contribution in [3.8, 4) is 0 Å². The summed E-state index contributed by atoms with van der Waals surface area (Å²) in [4.78, 5) is 13.7. The second-order valence-corrected chi connectivity index (χ2v) is 4.82. The van der Waals surface area contributed by atoms with Crippen LogP contribution < -0.4 is 4.90 Å². The van der Waals surface area contributed by atoms with Crippen molar-refractivity contribution in [1.82, 2.24) is 0 Å². The number of nitrogens with zero attached hydrogens (tertiary/aromatic N) is 1. The Hall–Kier alpha value is -1.58. The third-order valence-corrected chi connectivity index (χ3v) is 3.66. The number of hydrogen-bond acceptors (Lipinski definition) is 2. The highest BCUT2D eigenvalue weighted by atomic mass is 35.5. The van der Waals surface area contributed by atoms with E-state index in [1.165, 1.54) is 0 Å². The molecule has 0 saturated carbocycles. The molecule has 3 nitrogen and oxygen atoms in total. The van der Waals surface area contributed by atoms with Gasteiger partial charge in [-0.3, -0.25) is 4.79 Å². The Bertz CT molecular complexity index is 627. The second kappa shape index (κ2) is 5.19. The van der Waals surface area contributed by atoms with Crippen LogP contribution in [0.15, 0.2) is 36.4 Å². The molecule has 19 heavy (non-hydrogen) atoms. The van der Waals surface area contributed by atoms with Crippen molar-refractivity contribution in [1.29, 1.82) is 0 Å². The summed E-state index contributed by atoms with van der Waals surface area (Å²) in [6, 6.07) is 12.1. The molecule has 0 unspecified atom stereocenters. The molecule has 1 heterocycles. The van der Waals surface area contributed by atoms with Crippen LogP contribution in [0.5, 0.6) is 0 Å². The Labute approximate surface area is 116 Å². The van der Waals surface area contributed by atoms with E-state index in [0.29, 0.717) is 19.0 Å². The van der Waals surface area contributed by atoms with Crippen molar-refractivity contribution < 1.29 is 9.53 Å². The molecular formula is C15H14ClNO2. The standard InChI is InChI=1S/C15H14ClNO2/c16-9-12-8-13(17-5-6-19-10-15(17)18)7-11-3-1-2-4-14(11)12/h1-4,7-8H,5-6,9-10H2. The van der Waals surface area contributed by atoms with Crippen LogP contribution in [0.25, 0.3) is 10.8 Å². The molecule has 0 spiro atoms. The number of benzene rings is 2. The van der Waals surface area contributed by atoms with Crippen LogP contribution in [0.1, 0.15) is 5.56 Å². The van der Waals surface area contributed by atoms with E-state index in [0.717, 1.165) is 22.0 Å². The van der Waals surface area contributed by atoms with Crippen molar-refractivity contribution >= 4 is 34.0 Å². The van der Waals surface area contributed by atoms with Crippen LogP contribution in [0.3, 0.4) is 0 Å². The van der Waals surface area contributed by atoms with Crippen LogP contribution in [0, 0.1) is 0 Å². The number of ether oxygens (including phenoxy) is 1. The number of carbonyl (C=O) groups is 1. The van der Waals surface area contributed by atoms with E-state index in [4.69, 9.17) is 16.3 Å². The van der Waals surface area contributed by atoms with Crippen LogP contribution >= 0.6 is 11.6 Å². The zero-order chi connectivity index (χ0) is 13.2. The minimum Gasteiger partial charge on any atom is -0.370 e. The number of carbonyl (C=O) groups excluding carboxylic acids is 1. The van der Waals surface area contributed by atoms with E-state index in [1.54, 1.807) is 4.90 Å². The topological polar surface area (TPSA) is 29.5 Å². The first-order chi connectivity index (χ1) is 9.29. The Balaban J connectivity index is 2.11. The molecule has 0 N–H and O–H groups in total. The number of amides is 1. The number of anilines is 1. The van der Waals surface area contributed by atoms with Crippen LogP contribution in [0.4, 0.5) is 5.69 Å². The number of halogens is 1. The third kappa shape index (κ3) is 2.31. The first kappa shape index (κ1) is 12.5. The summed E-state index contributed by atoms with van der Waals surface area (Å²) >= 11 is 6.03. The van der Waals surface area contributed by atoms with Gasteiger partial charge in [-0.15, -0.1) is 11.6 Å². The Morgan fingerprint density at radius 2 is 2.11 bits per heavy atom. The zero-order valence-corrected chi connectivity index (χ0v) is 11.2. The van der Waals surface area contributed by atoms with Gasteiger partial charge in [-0.05, 0) is 28.5 Å². The smallest absolute Gasteiger partial charge is 0.253 e. The van der Waals surface area contributed by atoms with Gasteiger partial charge < -0.3 is 9.64 Å². The minimum absolute atomic E-state index is 0.00190. The summed E-state index contributed by atoms with van der Waals surface area (Å²) in [5, 5.41) is 2.25. The maximum absolute atomic E-state index is 11.9. The van der Waals surface area contributed by atoms with Crippen LogP contribution in [0.2, 0.25) is 0 Å². The number of fused-ring (bicyclic) bond motifs is 1. The fourth-order valence-electron chi connectivity index (χ4n) is 2.43. The summed E-state index contributed by atoms with van der Waals surface area (Å²) < 4.78 is 5.16. The molecule has 0 atom stereocenters. The van der Waals surface area contributed by atoms with Crippen LogP contribution in [-0.2, 0) is 15.4 Å². The minimum atomic E-state index is 0.00190. The molecule has 3 rings (SSSR count). The SMILES string of the molecule is O=C1COCCN1c1cc(CCl)c2ccccc2c1. The average molecular weight is 276 g/mol. The van der Waals surface area contributed by atoms with Gasteiger partial charge in [0.2, 0.25) is 0 Å². The lowest BCUT2D eigenvalue weighted by Crippen LogP contribution is -2.41. The van der Waals surface area contributed by atoms with E-state index in [9.17, 15) is 4.79 Å². The van der Waals surface area contributed by atoms with Gasteiger partial charge in [0, 0.05) is 18.1 Å². The lowest BCUT2D eigenvalue weighted by Gasteiger charge is -2.27.